The molecule has 0 bridgehead atoms. The molecule has 2 nitrogen and oxygen atoms in total. The summed E-state index contributed by atoms with van der Waals surface area (Å²) in [6, 6.07) is 4.82. The molecule has 2 rings (SSSR count). The number of nitrogens with zero attached hydrogens (tertiary/aromatic N) is 1. The van der Waals surface area contributed by atoms with Gasteiger partial charge in [0.1, 0.15) is 5.82 Å². The number of benzene rings is 1. The van der Waals surface area contributed by atoms with E-state index < -0.39 is 5.82 Å². The molecule has 0 aliphatic heterocycles. The predicted molar refractivity (Wildman–Crippen MR) is 71.9 cm³/mol. The minimum atomic E-state index is -0.412. The first kappa shape index (κ1) is 12.6. The van der Waals surface area contributed by atoms with Crippen LogP contribution in [-0.4, -0.2) is 30.6 Å². The van der Waals surface area contributed by atoms with E-state index in [0.29, 0.717) is 0 Å². The topological polar surface area (TPSA) is 23.5 Å². The zero-order valence-corrected chi connectivity index (χ0v) is 10.5. The van der Waals surface area contributed by atoms with Gasteiger partial charge in [0, 0.05) is 11.8 Å². The van der Waals surface area contributed by atoms with Gasteiger partial charge in [-0.2, -0.15) is 0 Å². The predicted octanol–water partition coefficient (Wildman–Crippen LogP) is 1.33. The summed E-state index contributed by atoms with van der Waals surface area (Å²) in [7, 11) is 4.02. The highest BCUT2D eigenvalue weighted by atomic mass is 19.1. The minimum absolute atomic E-state index is 0.207. The molecule has 0 saturated heterocycles. The monoisotopic (exact) mass is 245 g/mol. The third-order valence-corrected chi connectivity index (χ3v) is 2.79. The van der Waals surface area contributed by atoms with Crippen molar-refractivity contribution in [1.29, 1.82) is 0 Å². The maximum absolute atomic E-state index is 13.6. The molecular formula is C15H16FNO. The molecule has 0 unspecified atom stereocenters. The van der Waals surface area contributed by atoms with Crippen molar-refractivity contribution in [3.05, 3.63) is 58.3 Å². The number of allylic oxidation sites excluding steroid dienone is 2. The van der Waals surface area contributed by atoms with Crippen molar-refractivity contribution in [1.82, 2.24) is 4.90 Å². The van der Waals surface area contributed by atoms with Crippen molar-refractivity contribution in [2.24, 2.45) is 0 Å². The average molecular weight is 245 g/mol. The maximum atomic E-state index is 13.6. The van der Waals surface area contributed by atoms with Crippen molar-refractivity contribution < 1.29 is 9.50 Å². The molecule has 0 spiro atoms. The molecule has 1 aromatic rings. The number of aliphatic hydroxyl groups excluding tert-OH is 1. The summed E-state index contributed by atoms with van der Waals surface area (Å²) < 4.78 is 13.6. The Morgan fingerprint density at radius 1 is 1.28 bits per heavy atom. The largest absolute Gasteiger partial charge is 0.515 e. The van der Waals surface area contributed by atoms with Crippen LogP contribution < -0.4 is 10.4 Å². The molecule has 0 saturated carbocycles. The molecule has 1 aromatic carbocycles. The zero-order chi connectivity index (χ0) is 13.1. The van der Waals surface area contributed by atoms with Gasteiger partial charge in [-0.05, 0) is 48.7 Å². The highest BCUT2D eigenvalue weighted by Gasteiger charge is 2.04. The van der Waals surface area contributed by atoms with Gasteiger partial charge in [0.05, 0.1) is 6.26 Å². The van der Waals surface area contributed by atoms with Crippen LogP contribution >= 0.6 is 0 Å². The normalized spacial score (nSPS) is 18.7. The van der Waals surface area contributed by atoms with Gasteiger partial charge in [0.15, 0.2) is 0 Å². The van der Waals surface area contributed by atoms with E-state index in [1.165, 1.54) is 11.6 Å². The summed E-state index contributed by atoms with van der Waals surface area (Å²) in [6.45, 7) is 0.866. The van der Waals surface area contributed by atoms with Crippen LogP contribution in [0.25, 0.3) is 11.8 Å². The molecule has 0 atom stereocenters. The number of halogens is 1. The van der Waals surface area contributed by atoms with E-state index in [-0.39, 0.29) is 5.22 Å². The first-order valence-electron chi connectivity index (χ1n) is 5.78. The number of likely N-dealkylation sites (N-methyl/N-ethyl adjacent to an activating group) is 1. The molecule has 0 aromatic heterocycles. The summed E-state index contributed by atoms with van der Waals surface area (Å²) in [5.41, 5.74) is 2.20. The molecule has 94 valence electrons. The summed E-state index contributed by atoms with van der Waals surface area (Å²) in [5, 5.41) is 9.84. The average Bonchev–Trinajstić information content (AvgIpc) is 2.76. The molecule has 0 fully saturated rings. The molecule has 18 heavy (non-hydrogen) atoms. The lowest BCUT2D eigenvalue weighted by Gasteiger charge is -2.07. The summed E-state index contributed by atoms with van der Waals surface area (Å²) in [4.78, 5) is 2.09. The third kappa shape index (κ3) is 2.68. The standard InChI is InChI=1S/C15H16FNO/c1-17(2)9-11-3-4-12(7-11)13-5-6-14(10-18)15(16)8-13/h3-8,10,18H,9H2,1-2H3/b13-12-,14-10+. The van der Waals surface area contributed by atoms with Gasteiger partial charge in [0.25, 0.3) is 0 Å². The van der Waals surface area contributed by atoms with Crippen LogP contribution in [0.1, 0.15) is 0 Å². The highest BCUT2D eigenvalue weighted by molar-refractivity contribution is 5.73. The van der Waals surface area contributed by atoms with Crippen LogP contribution in [0.4, 0.5) is 4.39 Å². The Morgan fingerprint density at radius 2 is 2.06 bits per heavy atom. The second-order valence-corrected chi connectivity index (χ2v) is 4.61. The first-order chi connectivity index (χ1) is 8.60. The number of hydrogen-bond donors (Lipinski definition) is 1. The van der Waals surface area contributed by atoms with E-state index in [1.807, 2.05) is 26.2 Å². The van der Waals surface area contributed by atoms with E-state index in [2.05, 4.69) is 11.0 Å². The summed E-state index contributed by atoms with van der Waals surface area (Å²) >= 11 is 0. The lowest BCUT2D eigenvalue weighted by molar-refractivity contribution is 0.449. The van der Waals surface area contributed by atoms with Crippen LogP contribution in [0.2, 0.25) is 0 Å². The smallest absolute Gasteiger partial charge is 0.134 e. The zero-order valence-electron chi connectivity index (χ0n) is 10.5. The van der Waals surface area contributed by atoms with Crippen LogP contribution in [0.5, 0.6) is 0 Å². The molecule has 0 radical (unpaired) electrons. The number of rotatable bonds is 2. The second kappa shape index (κ2) is 5.19. The Hall–Kier alpha value is -1.87. The van der Waals surface area contributed by atoms with E-state index in [1.54, 1.807) is 12.1 Å². The van der Waals surface area contributed by atoms with Gasteiger partial charge >= 0.3 is 0 Å². The Balaban J connectivity index is 2.43. The van der Waals surface area contributed by atoms with Crippen molar-refractivity contribution in [2.45, 2.75) is 0 Å². The van der Waals surface area contributed by atoms with Gasteiger partial charge in [-0.25, -0.2) is 4.39 Å². The van der Waals surface area contributed by atoms with E-state index >= 15 is 0 Å². The lowest BCUT2D eigenvalue weighted by Crippen LogP contribution is -2.15. The maximum Gasteiger partial charge on any atom is 0.134 e. The van der Waals surface area contributed by atoms with Gasteiger partial charge in [-0.15, -0.1) is 0 Å². The molecule has 0 heterocycles. The molecule has 1 aliphatic rings. The van der Waals surface area contributed by atoms with Gasteiger partial charge < -0.3 is 10.0 Å². The van der Waals surface area contributed by atoms with E-state index in [0.717, 1.165) is 23.6 Å². The number of aliphatic hydroxyl groups is 1. The van der Waals surface area contributed by atoms with Gasteiger partial charge in [0.2, 0.25) is 0 Å². The third-order valence-electron chi connectivity index (χ3n) is 2.79. The minimum Gasteiger partial charge on any atom is -0.515 e. The molecule has 1 N–H and O–H groups in total. The first-order valence-corrected chi connectivity index (χ1v) is 5.78. The Labute approximate surface area is 106 Å². The molecule has 0 amide bonds. The fourth-order valence-corrected chi connectivity index (χ4v) is 1.95. The SMILES string of the molecule is CN(C)CC1=C/C(=c2/cc/c(=C\O)c(F)c2)C=C1. The van der Waals surface area contributed by atoms with Crippen LogP contribution in [-0.2, 0) is 0 Å². The number of hydrogen-bond acceptors (Lipinski definition) is 2. The van der Waals surface area contributed by atoms with Crippen molar-refractivity contribution in [3.63, 3.8) is 0 Å². The molecule has 1 aliphatic carbocycles. The van der Waals surface area contributed by atoms with Crippen LogP contribution in [0, 0.1) is 5.82 Å². The van der Waals surface area contributed by atoms with E-state index in [9.17, 15) is 4.39 Å². The highest BCUT2D eigenvalue weighted by Crippen LogP contribution is 2.15. The molecular weight excluding hydrogens is 229 g/mol. The molecule has 3 heteroatoms. The van der Waals surface area contributed by atoms with Crippen molar-refractivity contribution >= 4 is 11.8 Å². The van der Waals surface area contributed by atoms with Crippen molar-refractivity contribution in [3.8, 4) is 0 Å². The van der Waals surface area contributed by atoms with Gasteiger partial charge in [-0.3, -0.25) is 0 Å². The van der Waals surface area contributed by atoms with E-state index in [4.69, 9.17) is 5.11 Å². The fraction of sp³-hybridized carbons (Fsp3) is 0.200. The summed E-state index contributed by atoms with van der Waals surface area (Å²) in [6.07, 6.45) is 6.86. The van der Waals surface area contributed by atoms with Gasteiger partial charge in [-0.1, -0.05) is 18.2 Å². The Morgan fingerprint density at radius 3 is 2.67 bits per heavy atom. The fourth-order valence-electron chi connectivity index (χ4n) is 1.95. The van der Waals surface area contributed by atoms with Crippen LogP contribution in [0.15, 0.2) is 42.0 Å². The Bertz CT molecular complexity index is 626. The lowest BCUT2D eigenvalue weighted by atomic mass is 10.1. The Kier molecular flexibility index (Phi) is 3.63. The summed E-state index contributed by atoms with van der Waals surface area (Å²) in [5.74, 6) is -0.412. The quantitative estimate of drug-likeness (QED) is 0.849. The second-order valence-electron chi connectivity index (χ2n) is 4.61. The van der Waals surface area contributed by atoms with Crippen LogP contribution in [0.3, 0.4) is 0 Å². The van der Waals surface area contributed by atoms with Crippen molar-refractivity contribution in [2.75, 3.05) is 20.6 Å².